The van der Waals surface area contributed by atoms with Gasteiger partial charge >= 0.3 is 0 Å². The second-order valence-corrected chi connectivity index (χ2v) is 9.17. The molecule has 1 aliphatic rings. The molecule has 23 heavy (non-hydrogen) atoms. The molecule has 0 unspecified atom stereocenters. The molecule has 132 valence electrons. The lowest BCUT2D eigenvalue weighted by molar-refractivity contribution is -0.0839. The predicted octanol–water partition coefficient (Wildman–Crippen LogP) is 5.49. The number of hydrogen-bond donors (Lipinski definition) is 1. The van der Waals surface area contributed by atoms with Gasteiger partial charge in [-0.3, -0.25) is 0 Å². The van der Waals surface area contributed by atoms with Gasteiger partial charge < -0.3 is 10.1 Å². The lowest BCUT2D eigenvalue weighted by Gasteiger charge is -2.39. The molecule has 1 aliphatic heterocycles. The van der Waals surface area contributed by atoms with Crippen molar-refractivity contribution in [2.24, 2.45) is 17.8 Å². The van der Waals surface area contributed by atoms with E-state index >= 15 is 0 Å². The van der Waals surface area contributed by atoms with Crippen LogP contribution in [0.1, 0.15) is 64.7 Å². The van der Waals surface area contributed by atoms with E-state index < -0.39 is 0 Å². The molecule has 3 heteroatoms. The van der Waals surface area contributed by atoms with Crippen molar-refractivity contribution in [3.8, 4) is 0 Å². The van der Waals surface area contributed by atoms with Crippen LogP contribution < -0.4 is 5.32 Å². The first kappa shape index (κ1) is 19.0. The van der Waals surface area contributed by atoms with Crippen molar-refractivity contribution in [3.63, 3.8) is 0 Å². The van der Waals surface area contributed by atoms with Crippen molar-refractivity contribution in [1.82, 2.24) is 5.32 Å². The van der Waals surface area contributed by atoms with E-state index in [9.17, 15) is 0 Å². The van der Waals surface area contributed by atoms with E-state index in [1.807, 2.05) is 11.3 Å². The summed E-state index contributed by atoms with van der Waals surface area (Å²) >= 11 is 1.84. The van der Waals surface area contributed by atoms with Crippen LogP contribution in [0.25, 0.3) is 0 Å². The minimum atomic E-state index is 0.0728. The van der Waals surface area contributed by atoms with Crippen molar-refractivity contribution in [1.29, 1.82) is 0 Å². The Kier molecular flexibility index (Phi) is 7.58. The first-order valence-electron chi connectivity index (χ1n) is 9.33. The van der Waals surface area contributed by atoms with E-state index in [-0.39, 0.29) is 5.60 Å². The highest BCUT2D eigenvalue weighted by Gasteiger charge is 2.33. The predicted molar refractivity (Wildman–Crippen MR) is 101 cm³/mol. The lowest BCUT2D eigenvalue weighted by atomic mass is 9.75. The van der Waals surface area contributed by atoms with Gasteiger partial charge in [0.05, 0.1) is 5.60 Å². The lowest BCUT2D eigenvalue weighted by Crippen LogP contribution is -2.37. The van der Waals surface area contributed by atoms with Crippen molar-refractivity contribution >= 4 is 11.3 Å². The SMILES string of the molecule is CC(C)CC[C@H](CCNCc1cccs1)[C@@H]1CCOC(C)(C)C1. The van der Waals surface area contributed by atoms with Gasteiger partial charge in [-0.25, -0.2) is 0 Å². The normalized spacial score (nSPS) is 22.4. The van der Waals surface area contributed by atoms with Crippen molar-refractivity contribution < 1.29 is 4.74 Å². The van der Waals surface area contributed by atoms with Crippen LogP contribution in [0.5, 0.6) is 0 Å². The Balaban J connectivity index is 1.80. The zero-order valence-corrected chi connectivity index (χ0v) is 16.3. The summed E-state index contributed by atoms with van der Waals surface area (Å²) in [6.45, 7) is 12.3. The standard InChI is InChI=1S/C20H35NOS/c1-16(2)7-8-17(18-10-12-22-20(3,4)14-18)9-11-21-15-19-6-5-13-23-19/h5-6,13,16-18,21H,7-12,14-15H2,1-4H3/t17-,18-/m1/s1. The van der Waals surface area contributed by atoms with Gasteiger partial charge in [-0.15, -0.1) is 11.3 Å². The maximum Gasteiger partial charge on any atom is 0.0629 e. The first-order chi connectivity index (χ1) is 11.0. The van der Waals surface area contributed by atoms with Crippen LogP contribution in [0.15, 0.2) is 17.5 Å². The number of nitrogens with one attached hydrogen (secondary N) is 1. The highest BCUT2D eigenvalue weighted by molar-refractivity contribution is 7.09. The molecule has 2 heterocycles. The second-order valence-electron chi connectivity index (χ2n) is 8.14. The van der Waals surface area contributed by atoms with Crippen LogP contribution >= 0.6 is 11.3 Å². The van der Waals surface area contributed by atoms with Gasteiger partial charge in [-0.05, 0) is 75.3 Å². The molecule has 1 N–H and O–H groups in total. The fourth-order valence-corrected chi connectivity index (χ4v) is 4.43. The molecule has 2 atom stereocenters. The van der Waals surface area contributed by atoms with Crippen LogP contribution in [0, 0.1) is 17.8 Å². The largest absolute Gasteiger partial charge is 0.376 e. The number of ether oxygens (including phenoxy) is 1. The summed E-state index contributed by atoms with van der Waals surface area (Å²) in [5, 5.41) is 5.80. The molecule has 2 nitrogen and oxygen atoms in total. The quantitative estimate of drug-likeness (QED) is 0.602. The van der Waals surface area contributed by atoms with Gasteiger partial charge in [0.2, 0.25) is 0 Å². The molecule has 2 rings (SSSR count). The Hall–Kier alpha value is -0.380. The topological polar surface area (TPSA) is 21.3 Å². The van der Waals surface area contributed by atoms with Gasteiger partial charge in [0, 0.05) is 18.0 Å². The number of hydrogen-bond acceptors (Lipinski definition) is 3. The number of rotatable bonds is 9. The molecule has 0 amide bonds. The van der Waals surface area contributed by atoms with Crippen LogP contribution in [0.3, 0.4) is 0 Å². The van der Waals surface area contributed by atoms with E-state index in [4.69, 9.17) is 4.74 Å². The van der Waals surface area contributed by atoms with Crippen LogP contribution in [0.4, 0.5) is 0 Å². The third kappa shape index (κ3) is 6.94. The summed E-state index contributed by atoms with van der Waals surface area (Å²) in [4.78, 5) is 1.44. The fraction of sp³-hybridized carbons (Fsp3) is 0.800. The summed E-state index contributed by atoms with van der Waals surface area (Å²) in [5.74, 6) is 2.49. The highest BCUT2D eigenvalue weighted by atomic mass is 32.1. The molecular weight excluding hydrogens is 302 g/mol. The molecule has 0 radical (unpaired) electrons. The van der Waals surface area contributed by atoms with Crippen LogP contribution in [0.2, 0.25) is 0 Å². The molecule has 1 fully saturated rings. The summed E-state index contributed by atoms with van der Waals surface area (Å²) in [6.07, 6.45) is 6.50. The molecule has 0 bridgehead atoms. The third-order valence-electron chi connectivity index (χ3n) is 5.09. The molecule has 0 spiro atoms. The summed E-state index contributed by atoms with van der Waals surface area (Å²) < 4.78 is 5.93. The Morgan fingerprint density at radius 1 is 1.30 bits per heavy atom. The Bertz CT molecular complexity index is 427. The van der Waals surface area contributed by atoms with Gasteiger partial charge in [0.15, 0.2) is 0 Å². The maximum atomic E-state index is 5.93. The zero-order valence-electron chi connectivity index (χ0n) is 15.4. The summed E-state index contributed by atoms with van der Waals surface area (Å²) in [6, 6.07) is 4.35. The maximum absolute atomic E-state index is 5.93. The minimum Gasteiger partial charge on any atom is -0.376 e. The Labute approximate surface area is 147 Å². The summed E-state index contributed by atoms with van der Waals surface area (Å²) in [5.41, 5.74) is 0.0728. The van der Waals surface area contributed by atoms with Crippen molar-refractivity contribution in [2.75, 3.05) is 13.2 Å². The average Bonchev–Trinajstić information content (AvgIpc) is 2.98. The van der Waals surface area contributed by atoms with Gasteiger partial charge in [0.1, 0.15) is 0 Å². The van der Waals surface area contributed by atoms with Crippen molar-refractivity contribution in [3.05, 3.63) is 22.4 Å². The smallest absolute Gasteiger partial charge is 0.0629 e. The Morgan fingerprint density at radius 3 is 2.78 bits per heavy atom. The molecular formula is C20H35NOS. The molecule has 0 saturated carbocycles. The van der Waals surface area contributed by atoms with E-state index in [0.717, 1.165) is 37.5 Å². The van der Waals surface area contributed by atoms with E-state index in [1.54, 1.807) is 0 Å². The third-order valence-corrected chi connectivity index (χ3v) is 5.96. The second kappa shape index (κ2) is 9.19. The van der Waals surface area contributed by atoms with Gasteiger partial charge in [0.25, 0.3) is 0 Å². The van der Waals surface area contributed by atoms with E-state index in [1.165, 1.54) is 37.0 Å². The highest BCUT2D eigenvalue weighted by Crippen LogP contribution is 2.37. The van der Waals surface area contributed by atoms with Gasteiger partial charge in [-0.1, -0.05) is 26.3 Å². The molecule has 0 aliphatic carbocycles. The van der Waals surface area contributed by atoms with E-state index in [2.05, 4.69) is 50.5 Å². The zero-order chi connectivity index (χ0) is 16.7. The Morgan fingerprint density at radius 2 is 2.13 bits per heavy atom. The molecule has 1 saturated heterocycles. The first-order valence-corrected chi connectivity index (χ1v) is 10.2. The van der Waals surface area contributed by atoms with E-state index in [0.29, 0.717) is 0 Å². The molecule has 1 aromatic rings. The fourth-order valence-electron chi connectivity index (χ4n) is 3.76. The number of thiophene rings is 1. The van der Waals surface area contributed by atoms with Gasteiger partial charge in [-0.2, -0.15) is 0 Å². The molecule has 1 aromatic heterocycles. The van der Waals surface area contributed by atoms with Crippen LogP contribution in [-0.4, -0.2) is 18.8 Å². The average molecular weight is 338 g/mol. The summed E-state index contributed by atoms with van der Waals surface area (Å²) in [7, 11) is 0. The van der Waals surface area contributed by atoms with Crippen LogP contribution in [-0.2, 0) is 11.3 Å². The monoisotopic (exact) mass is 337 g/mol. The molecule has 0 aromatic carbocycles. The minimum absolute atomic E-state index is 0.0728. The van der Waals surface area contributed by atoms with Crippen molar-refractivity contribution in [2.45, 2.75) is 71.9 Å².